The highest BCUT2D eigenvalue weighted by atomic mass is 32.2. The molecule has 0 aliphatic heterocycles. The van der Waals surface area contributed by atoms with Crippen molar-refractivity contribution < 1.29 is 0 Å². The average Bonchev–Trinajstić information content (AvgIpc) is 2.32. The van der Waals surface area contributed by atoms with E-state index in [2.05, 4.69) is 4.98 Å². The van der Waals surface area contributed by atoms with Gasteiger partial charge in [0.2, 0.25) is 0 Å². The molecule has 1 aromatic rings. The van der Waals surface area contributed by atoms with Crippen molar-refractivity contribution in [2.45, 2.75) is 38.5 Å². The molecule has 0 saturated carbocycles. The van der Waals surface area contributed by atoms with Gasteiger partial charge in [0, 0.05) is 5.70 Å². The van der Waals surface area contributed by atoms with E-state index in [1.54, 1.807) is 10.9 Å². The van der Waals surface area contributed by atoms with E-state index in [0.29, 0.717) is 0 Å². The molecule has 0 bridgehead atoms. The Morgan fingerprint density at radius 1 is 1.56 bits per heavy atom. The van der Waals surface area contributed by atoms with Crippen LogP contribution in [0.3, 0.4) is 0 Å². The first kappa shape index (κ1) is 13.0. The molecule has 1 rings (SSSR count). The zero-order chi connectivity index (χ0) is 12.1. The average molecular weight is 238 g/mol. The molecule has 16 heavy (non-hydrogen) atoms. The van der Waals surface area contributed by atoms with E-state index in [1.165, 1.54) is 11.8 Å². The molecular weight excluding hydrogens is 220 g/mol. The van der Waals surface area contributed by atoms with E-state index in [9.17, 15) is 4.79 Å². The van der Waals surface area contributed by atoms with Crippen molar-refractivity contribution in [3.8, 4) is 0 Å². The van der Waals surface area contributed by atoms with Crippen LogP contribution in [0.4, 0.5) is 0 Å². The lowest BCUT2D eigenvalue weighted by Gasteiger charge is -2.11. The minimum Gasteiger partial charge on any atom is -0.271 e. The summed E-state index contributed by atoms with van der Waals surface area (Å²) in [6.07, 6.45) is 7.14. The third-order valence-electron chi connectivity index (χ3n) is 2.55. The normalized spacial score (nSPS) is 11.9. The van der Waals surface area contributed by atoms with E-state index in [1.807, 2.05) is 33.1 Å². The van der Waals surface area contributed by atoms with E-state index < -0.39 is 0 Å². The molecule has 0 aliphatic carbocycles. The highest BCUT2D eigenvalue weighted by Crippen LogP contribution is 2.15. The van der Waals surface area contributed by atoms with E-state index in [0.717, 1.165) is 29.1 Å². The van der Waals surface area contributed by atoms with Gasteiger partial charge in [0.15, 0.2) is 0 Å². The van der Waals surface area contributed by atoms with Gasteiger partial charge in [-0.1, -0.05) is 19.9 Å². The van der Waals surface area contributed by atoms with Crippen molar-refractivity contribution >= 4 is 17.5 Å². The molecule has 3 nitrogen and oxygen atoms in total. The highest BCUT2D eigenvalue weighted by Gasteiger charge is 2.10. The molecule has 0 atom stereocenters. The van der Waals surface area contributed by atoms with E-state index in [4.69, 9.17) is 0 Å². The molecule has 0 spiro atoms. The molecule has 1 heterocycles. The van der Waals surface area contributed by atoms with Crippen LogP contribution >= 0.6 is 11.8 Å². The summed E-state index contributed by atoms with van der Waals surface area (Å²) in [7, 11) is 0. The first-order chi connectivity index (χ1) is 7.69. The Labute approximate surface area is 101 Å². The van der Waals surface area contributed by atoms with Crippen LogP contribution in [0.15, 0.2) is 22.1 Å². The van der Waals surface area contributed by atoms with Crippen molar-refractivity contribution in [3.63, 3.8) is 0 Å². The molecule has 0 aromatic carbocycles. The summed E-state index contributed by atoms with van der Waals surface area (Å²) in [6, 6.07) is 0. The lowest BCUT2D eigenvalue weighted by atomic mass is 10.3. The topological polar surface area (TPSA) is 34.9 Å². The monoisotopic (exact) mass is 238 g/mol. The van der Waals surface area contributed by atoms with Gasteiger partial charge in [0.25, 0.3) is 5.56 Å². The lowest BCUT2D eigenvalue weighted by Crippen LogP contribution is -2.23. The van der Waals surface area contributed by atoms with Gasteiger partial charge in [0.1, 0.15) is 6.33 Å². The Morgan fingerprint density at radius 2 is 2.25 bits per heavy atom. The summed E-state index contributed by atoms with van der Waals surface area (Å²) in [5.41, 5.74) is 1.94. The molecule has 0 aliphatic rings. The van der Waals surface area contributed by atoms with Crippen molar-refractivity contribution in [2.24, 2.45) is 0 Å². The molecule has 88 valence electrons. The molecule has 0 amide bonds. The van der Waals surface area contributed by atoms with Gasteiger partial charge in [-0.3, -0.25) is 9.36 Å². The second kappa shape index (κ2) is 5.89. The molecule has 0 saturated heterocycles. The summed E-state index contributed by atoms with van der Waals surface area (Å²) in [5.74, 6) is 0. The largest absolute Gasteiger partial charge is 0.271 e. The van der Waals surface area contributed by atoms with Crippen molar-refractivity contribution in [1.82, 2.24) is 9.55 Å². The highest BCUT2D eigenvalue weighted by molar-refractivity contribution is 7.98. The summed E-state index contributed by atoms with van der Waals surface area (Å²) in [5, 5.41) is 0. The van der Waals surface area contributed by atoms with Gasteiger partial charge < -0.3 is 0 Å². The van der Waals surface area contributed by atoms with E-state index >= 15 is 0 Å². The van der Waals surface area contributed by atoms with Gasteiger partial charge >= 0.3 is 0 Å². The van der Waals surface area contributed by atoms with Crippen LogP contribution in [0.5, 0.6) is 0 Å². The van der Waals surface area contributed by atoms with Crippen LogP contribution in [0, 0.1) is 0 Å². The van der Waals surface area contributed by atoms with Gasteiger partial charge in [-0.2, -0.15) is 0 Å². The van der Waals surface area contributed by atoms with Gasteiger partial charge in [-0.15, -0.1) is 11.8 Å². The summed E-state index contributed by atoms with van der Waals surface area (Å²) in [4.78, 5) is 17.3. The predicted octanol–water partition coefficient (Wildman–Crippen LogP) is 2.80. The Morgan fingerprint density at radius 3 is 2.69 bits per heavy atom. The predicted molar refractivity (Wildman–Crippen MR) is 69.9 cm³/mol. The number of hydrogen-bond donors (Lipinski definition) is 0. The maximum atomic E-state index is 12.2. The first-order valence-electron chi connectivity index (χ1n) is 5.49. The second-order valence-electron chi connectivity index (χ2n) is 3.39. The molecule has 0 N–H and O–H groups in total. The van der Waals surface area contributed by atoms with Crippen LogP contribution in [0.25, 0.3) is 5.70 Å². The quantitative estimate of drug-likeness (QED) is 0.757. The van der Waals surface area contributed by atoms with Crippen LogP contribution in [-0.4, -0.2) is 15.8 Å². The standard InChI is InChI=1S/C12H18N2OS/c1-5-9(6-2)14-8-13-10(7-3)11(16-4)12(14)15/h5,8H,6-7H2,1-4H3/b9-5+. The minimum absolute atomic E-state index is 0.0503. The van der Waals surface area contributed by atoms with Crippen LogP contribution in [0.1, 0.15) is 32.9 Å². The second-order valence-corrected chi connectivity index (χ2v) is 4.20. The first-order valence-corrected chi connectivity index (χ1v) is 6.72. The molecular formula is C12H18N2OS. The van der Waals surface area contributed by atoms with Crippen LogP contribution in [0.2, 0.25) is 0 Å². The Bertz CT molecular complexity index is 449. The zero-order valence-corrected chi connectivity index (χ0v) is 11.1. The maximum absolute atomic E-state index is 12.2. The zero-order valence-electron chi connectivity index (χ0n) is 10.3. The molecule has 4 heteroatoms. The van der Waals surface area contributed by atoms with Gasteiger partial charge in [0.05, 0.1) is 10.6 Å². The van der Waals surface area contributed by atoms with Gasteiger partial charge in [-0.05, 0) is 26.0 Å². The molecule has 0 radical (unpaired) electrons. The van der Waals surface area contributed by atoms with Crippen molar-refractivity contribution in [3.05, 3.63) is 28.5 Å². The third-order valence-corrected chi connectivity index (χ3v) is 3.37. The number of aryl methyl sites for hydroxylation is 1. The van der Waals surface area contributed by atoms with Gasteiger partial charge in [-0.25, -0.2) is 4.98 Å². The van der Waals surface area contributed by atoms with Crippen molar-refractivity contribution in [2.75, 3.05) is 6.26 Å². The SMILES string of the molecule is C/C=C(\CC)n1cnc(CC)c(SC)c1=O. The molecule has 0 unspecified atom stereocenters. The smallest absolute Gasteiger partial charge is 0.271 e. The molecule has 0 fully saturated rings. The number of rotatable bonds is 4. The number of allylic oxidation sites excluding steroid dienone is 2. The Balaban J connectivity index is 3.41. The summed E-state index contributed by atoms with van der Waals surface area (Å²) in [6.45, 7) is 5.99. The van der Waals surface area contributed by atoms with Crippen LogP contribution in [-0.2, 0) is 6.42 Å². The number of thioether (sulfide) groups is 1. The summed E-state index contributed by atoms with van der Waals surface area (Å²) >= 11 is 1.48. The number of hydrogen-bond acceptors (Lipinski definition) is 3. The number of nitrogens with zero attached hydrogens (tertiary/aromatic N) is 2. The number of aromatic nitrogens is 2. The fourth-order valence-corrected chi connectivity index (χ4v) is 2.35. The molecule has 1 aromatic heterocycles. The van der Waals surface area contributed by atoms with Crippen molar-refractivity contribution in [1.29, 1.82) is 0 Å². The Kier molecular flexibility index (Phi) is 4.80. The maximum Gasteiger partial charge on any atom is 0.271 e. The summed E-state index contributed by atoms with van der Waals surface area (Å²) < 4.78 is 1.64. The third kappa shape index (κ3) is 2.38. The lowest BCUT2D eigenvalue weighted by molar-refractivity contribution is 0.827. The Hall–Kier alpha value is -1.03. The van der Waals surface area contributed by atoms with E-state index in [-0.39, 0.29) is 5.56 Å². The van der Waals surface area contributed by atoms with Crippen LogP contribution < -0.4 is 5.56 Å². The fourth-order valence-electron chi connectivity index (χ4n) is 1.65. The minimum atomic E-state index is 0.0503. The fraction of sp³-hybridized carbons (Fsp3) is 0.500.